The van der Waals surface area contributed by atoms with Crippen LogP contribution < -0.4 is 0 Å². The zero-order chi connectivity index (χ0) is 16.6. The number of thiophene rings is 1. The van der Waals surface area contributed by atoms with Crippen molar-refractivity contribution in [1.82, 2.24) is 9.97 Å². The lowest BCUT2D eigenvalue weighted by Gasteiger charge is -2.08. The van der Waals surface area contributed by atoms with E-state index in [2.05, 4.69) is 9.97 Å². The van der Waals surface area contributed by atoms with Gasteiger partial charge in [-0.25, -0.2) is 14.8 Å². The standard InChI is InChI=1S/C15H16N2O4S2/c1-7-8(2)23-14-12(7)13(16-9(3)17-14)22-6-11(18)21-10-4-5-20-15(10)19/h10H,4-6H2,1-3H3/t10-/m0/s1. The zero-order valence-corrected chi connectivity index (χ0v) is 14.7. The Morgan fingerprint density at radius 1 is 1.39 bits per heavy atom. The summed E-state index contributed by atoms with van der Waals surface area (Å²) in [5, 5.41) is 1.77. The Morgan fingerprint density at radius 3 is 2.87 bits per heavy atom. The van der Waals surface area contributed by atoms with Gasteiger partial charge in [-0.15, -0.1) is 11.3 Å². The van der Waals surface area contributed by atoms with E-state index in [-0.39, 0.29) is 5.75 Å². The first kappa shape index (κ1) is 16.2. The SMILES string of the molecule is Cc1nc(SCC(=O)O[C@H]2CCOC2=O)c2c(C)c(C)sc2n1. The molecule has 0 N–H and O–H groups in total. The van der Waals surface area contributed by atoms with Gasteiger partial charge in [0.25, 0.3) is 0 Å². The normalized spacial score (nSPS) is 17.5. The molecule has 23 heavy (non-hydrogen) atoms. The van der Waals surface area contributed by atoms with E-state index < -0.39 is 18.0 Å². The monoisotopic (exact) mass is 352 g/mol. The molecular weight excluding hydrogens is 336 g/mol. The number of rotatable bonds is 4. The smallest absolute Gasteiger partial charge is 0.347 e. The summed E-state index contributed by atoms with van der Waals surface area (Å²) < 4.78 is 9.93. The van der Waals surface area contributed by atoms with Crippen LogP contribution in [-0.4, -0.2) is 40.4 Å². The summed E-state index contributed by atoms with van der Waals surface area (Å²) in [7, 11) is 0. The number of aromatic nitrogens is 2. The third-order valence-corrected chi connectivity index (χ3v) is 5.65. The molecule has 3 heterocycles. The minimum Gasteiger partial charge on any atom is -0.463 e. The maximum atomic E-state index is 11.9. The number of hydrogen-bond donors (Lipinski definition) is 0. The number of fused-ring (bicyclic) bond motifs is 1. The second-order valence-electron chi connectivity index (χ2n) is 5.26. The Bertz CT molecular complexity index is 787. The van der Waals surface area contributed by atoms with Gasteiger partial charge in [0.05, 0.1) is 12.4 Å². The highest BCUT2D eigenvalue weighted by molar-refractivity contribution is 8.00. The fraction of sp³-hybridized carbons (Fsp3) is 0.467. The fourth-order valence-corrected chi connectivity index (χ4v) is 4.38. The van der Waals surface area contributed by atoms with Crippen molar-refractivity contribution in [2.75, 3.05) is 12.4 Å². The van der Waals surface area contributed by atoms with Crippen LogP contribution in [0.2, 0.25) is 0 Å². The number of thioether (sulfide) groups is 1. The minimum absolute atomic E-state index is 0.101. The maximum absolute atomic E-state index is 11.9. The van der Waals surface area contributed by atoms with Crippen molar-refractivity contribution >= 4 is 45.3 Å². The zero-order valence-electron chi connectivity index (χ0n) is 13.0. The maximum Gasteiger partial charge on any atom is 0.347 e. The molecule has 0 aromatic carbocycles. The average Bonchev–Trinajstić information content (AvgIpc) is 3.01. The van der Waals surface area contributed by atoms with Crippen LogP contribution in [0.4, 0.5) is 0 Å². The van der Waals surface area contributed by atoms with Gasteiger partial charge in [0, 0.05) is 16.7 Å². The summed E-state index contributed by atoms with van der Waals surface area (Å²) in [6.07, 6.45) is -0.338. The fourth-order valence-electron chi connectivity index (χ4n) is 2.32. The molecule has 0 spiro atoms. The van der Waals surface area contributed by atoms with Crippen LogP contribution in [0.5, 0.6) is 0 Å². The van der Waals surface area contributed by atoms with E-state index in [1.807, 2.05) is 20.8 Å². The number of ether oxygens (including phenoxy) is 2. The highest BCUT2D eigenvalue weighted by Gasteiger charge is 2.30. The minimum atomic E-state index is -0.764. The second-order valence-corrected chi connectivity index (χ2v) is 7.43. The van der Waals surface area contributed by atoms with Crippen LogP contribution in [0, 0.1) is 20.8 Å². The third kappa shape index (κ3) is 3.32. The molecule has 1 atom stereocenters. The molecule has 0 unspecified atom stereocenters. The third-order valence-electron chi connectivity index (χ3n) is 3.59. The summed E-state index contributed by atoms with van der Waals surface area (Å²) in [4.78, 5) is 34.3. The van der Waals surface area contributed by atoms with E-state index in [4.69, 9.17) is 9.47 Å². The van der Waals surface area contributed by atoms with Crippen molar-refractivity contribution < 1.29 is 19.1 Å². The Kier molecular flexibility index (Phi) is 4.54. The van der Waals surface area contributed by atoms with Crippen LogP contribution >= 0.6 is 23.1 Å². The van der Waals surface area contributed by atoms with Crippen molar-refractivity contribution in [2.45, 2.75) is 38.3 Å². The first-order valence-electron chi connectivity index (χ1n) is 7.19. The van der Waals surface area contributed by atoms with Crippen LogP contribution in [0.3, 0.4) is 0 Å². The lowest BCUT2D eigenvalue weighted by atomic mass is 10.2. The molecule has 122 valence electrons. The highest BCUT2D eigenvalue weighted by Crippen LogP contribution is 2.35. The number of hydrogen-bond acceptors (Lipinski definition) is 8. The second kappa shape index (κ2) is 6.45. The molecule has 2 aromatic heterocycles. The van der Waals surface area contributed by atoms with Gasteiger partial charge in [-0.1, -0.05) is 11.8 Å². The van der Waals surface area contributed by atoms with Crippen LogP contribution in [0.15, 0.2) is 5.03 Å². The largest absolute Gasteiger partial charge is 0.463 e. The van der Waals surface area contributed by atoms with Gasteiger partial charge in [-0.2, -0.15) is 0 Å². The van der Waals surface area contributed by atoms with Gasteiger partial charge >= 0.3 is 11.9 Å². The molecule has 1 aliphatic rings. The molecule has 1 aliphatic heterocycles. The molecule has 1 saturated heterocycles. The van der Waals surface area contributed by atoms with E-state index in [1.54, 1.807) is 11.3 Å². The van der Waals surface area contributed by atoms with Gasteiger partial charge in [0.2, 0.25) is 6.10 Å². The summed E-state index contributed by atoms with van der Waals surface area (Å²) in [6.45, 7) is 6.22. The van der Waals surface area contributed by atoms with E-state index in [9.17, 15) is 9.59 Å². The van der Waals surface area contributed by atoms with Crippen LogP contribution in [-0.2, 0) is 19.1 Å². The van der Waals surface area contributed by atoms with Crippen molar-refractivity contribution in [2.24, 2.45) is 0 Å². The molecule has 1 fully saturated rings. The van der Waals surface area contributed by atoms with Crippen molar-refractivity contribution in [3.8, 4) is 0 Å². The quantitative estimate of drug-likeness (QED) is 0.475. The van der Waals surface area contributed by atoms with Gasteiger partial charge in [-0.3, -0.25) is 4.79 Å². The van der Waals surface area contributed by atoms with Crippen molar-refractivity contribution in [3.05, 3.63) is 16.3 Å². The van der Waals surface area contributed by atoms with E-state index in [0.29, 0.717) is 18.9 Å². The number of nitrogens with zero attached hydrogens (tertiary/aromatic N) is 2. The molecular formula is C15H16N2O4S2. The van der Waals surface area contributed by atoms with Crippen molar-refractivity contribution in [1.29, 1.82) is 0 Å². The Balaban J connectivity index is 1.74. The molecule has 6 nitrogen and oxygen atoms in total. The molecule has 0 amide bonds. The van der Waals surface area contributed by atoms with Gasteiger partial charge in [-0.05, 0) is 26.3 Å². The number of carbonyl (C=O) groups excluding carboxylic acids is 2. The van der Waals surface area contributed by atoms with E-state index in [0.717, 1.165) is 20.8 Å². The first-order chi connectivity index (χ1) is 11.0. The van der Waals surface area contributed by atoms with Gasteiger partial charge < -0.3 is 9.47 Å². The summed E-state index contributed by atoms with van der Waals surface area (Å²) in [5.74, 6) is -0.126. The Morgan fingerprint density at radius 2 is 2.17 bits per heavy atom. The Labute approximate surface area is 141 Å². The summed E-state index contributed by atoms with van der Waals surface area (Å²) in [6, 6.07) is 0. The first-order valence-corrected chi connectivity index (χ1v) is 8.99. The lowest BCUT2D eigenvalue weighted by Crippen LogP contribution is -2.23. The molecule has 0 saturated carbocycles. The molecule has 0 aliphatic carbocycles. The predicted octanol–water partition coefficient (Wildman–Crippen LogP) is 2.57. The number of aryl methyl sites for hydroxylation is 3. The van der Waals surface area contributed by atoms with Crippen molar-refractivity contribution in [3.63, 3.8) is 0 Å². The van der Waals surface area contributed by atoms with Gasteiger partial charge in [0.1, 0.15) is 15.7 Å². The Hall–Kier alpha value is -1.67. The number of esters is 2. The predicted molar refractivity (Wildman–Crippen MR) is 87.8 cm³/mol. The lowest BCUT2D eigenvalue weighted by molar-refractivity contribution is -0.158. The average molecular weight is 352 g/mol. The van der Waals surface area contributed by atoms with E-state index in [1.165, 1.54) is 16.6 Å². The molecule has 8 heteroatoms. The van der Waals surface area contributed by atoms with Crippen LogP contribution in [0.1, 0.15) is 22.7 Å². The molecule has 0 radical (unpaired) electrons. The number of carbonyl (C=O) groups is 2. The summed E-state index contributed by atoms with van der Waals surface area (Å²) >= 11 is 2.94. The topological polar surface area (TPSA) is 78.4 Å². The highest BCUT2D eigenvalue weighted by atomic mass is 32.2. The number of cyclic esters (lactones) is 1. The van der Waals surface area contributed by atoms with Crippen LogP contribution in [0.25, 0.3) is 10.2 Å². The van der Waals surface area contributed by atoms with E-state index >= 15 is 0 Å². The molecule has 0 bridgehead atoms. The summed E-state index contributed by atoms with van der Waals surface area (Å²) in [5.41, 5.74) is 1.14. The molecule has 3 rings (SSSR count). The molecule has 2 aromatic rings. The van der Waals surface area contributed by atoms with Gasteiger partial charge in [0.15, 0.2) is 0 Å².